The third-order valence-corrected chi connectivity index (χ3v) is 1.35. The van der Waals surface area contributed by atoms with Gasteiger partial charge in [-0.1, -0.05) is 0 Å². The van der Waals surface area contributed by atoms with Crippen molar-refractivity contribution >= 4 is 6.16 Å². The minimum absolute atomic E-state index is 0.0368. The van der Waals surface area contributed by atoms with Crippen molar-refractivity contribution in [2.24, 2.45) is 0 Å². The molecule has 0 spiro atoms. The molecular weight excluding hydrogens is 148 g/mol. The maximum absolute atomic E-state index is 10.7. The smallest absolute Gasteiger partial charge is 0.432 e. The van der Waals surface area contributed by atoms with Crippen LogP contribution in [0.3, 0.4) is 0 Å². The van der Waals surface area contributed by atoms with Crippen molar-refractivity contribution in [2.45, 2.75) is 26.1 Å². The molecule has 1 fully saturated rings. The number of hydrogen-bond acceptors (Lipinski definition) is 4. The summed E-state index contributed by atoms with van der Waals surface area (Å²) < 4.78 is 14.7. The Morgan fingerprint density at radius 2 is 2.00 bits per heavy atom. The molecule has 0 N–H and O–H groups in total. The first-order valence-electron chi connectivity index (χ1n) is 3.63. The van der Waals surface area contributed by atoms with Crippen molar-refractivity contribution in [3.63, 3.8) is 0 Å². The standard InChI is InChI=1S/C7H12O4/c1-5-3-10-7(8)11-6(2)4-9-5/h5-6H,3-4H2,1-2H3. The monoisotopic (exact) mass is 160 g/mol. The highest BCUT2D eigenvalue weighted by molar-refractivity contribution is 5.60. The molecule has 1 aliphatic heterocycles. The molecule has 0 radical (unpaired) electrons. The van der Waals surface area contributed by atoms with Crippen molar-refractivity contribution in [1.82, 2.24) is 0 Å². The van der Waals surface area contributed by atoms with Crippen LogP contribution >= 0.6 is 0 Å². The number of carbonyl (C=O) groups excluding carboxylic acids is 1. The van der Waals surface area contributed by atoms with Crippen LogP contribution < -0.4 is 0 Å². The normalized spacial score (nSPS) is 33.1. The molecule has 0 aromatic carbocycles. The molecule has 1 saturated heterocycles. The predicted octanol–water partition coefficient (Wildman–Crippen LogP) is 0.947. The van der Waals surface area contributed by atoms with Gasteiger partial charge in [0.1, 0.15) is 12.7 Å². The quantitative estimate of drug-likeness (QED) is 0.495. The fourth-order valence-electron chi connectivity index (χ4n) is 0.766. The summed E-state index contributed by atoms with van der Waals surface area (Å²) in [6.07, 6.45) is -0.858. The second-order valence-corrected chi connectivity index (χ2v) is 2.63. The zero-order chi connectivity index (χ0) is 8.27. The molecule has 0 aliphatic carbocycles. The molecule has 4 heteroatoms. The maximum atomic E-state index is 10.7. The molecular formula is C7H12O4. The van der Waals surface area contributed by atoms with Gasteiger partial charge in [-0.3, -0.25) is 0 Å². The Hall–Kier alpha value is -0.770. The minimum Gasteiger partial charge on any atom is -0.432 e. The average Bonchev–Trinajstić information content (AvgIpc) is 1.95. The summed E-state index contributed by atoms with van der Waals surface area (Å²) in [6, 6.07) is 0. The van der Waals surface area contributed by atoms with Gasteiger partial charge < -0.3 is 14.2 Å². The van der Waals surface area contributed by atoms with E-state index in [9.17, 15) is 4.79 Å². The van der Waals surface area contributed by atoms with Crippen LogP contribution in [-0.2, 0) is 14.2 Å². The van der Waals surface area contributed by atoms with Gasteiger partial charge in [-0.25, -0.2) is 4.79 Å². The van der Waals surface area contributed by atoms with E-state index in [4.69, 9.17) is 9.47 Å². The lowest BCUT2D eigenvalue weighted by Crippen LogP contribution is -2.30. The van der Waals surface area contributed by atoms with Crippen molar-refractivity contribution < 1.29 is 19.0 Å². The first-order chi connectivity index (χ1) is 5.18. The molecule has 0 bridgehead atoms. The van der Waals surface area contributed by atoms with Gasteiger partial charge in [0, 0.05) is 0 Å². The average molecular weight is 160 g/mol. The summed E-state index contributed by atoms with van der Waals surface area (Å²) in [7, 11) is 0. The van der Waals surface area contributed by atoms with Crippen molar-refractivity contribution in [1.29, 1.82) is 0 Å². The fourth-order valence-corrected chi connectivity index (χ4v) is 0.766. The highest BCUT2D eigenvalue weighted by Gasteiger charge is 2.17. The van der Waals surface area contributed by atoms with E-state index in [0.29, 0.717) is 6.61 Å². The SMILES string of the molecule is CC1COC(=O)OC(C)CO1. The first-order valence-corrected chi connectivity index (χ1v) is 3.63. The van der Waals surface area contributed by atoms with Crippen LogP contribution in [0.1, 0.15) is 13.8 Å². The Morgan fingerprint density at radius 1 is 1.27 bits per heavy atom. The maximum Gasteiger partial charge on any atom is 0.508 e. The summed E-state index contributed by atoms with van der Waals surface area (Å²) >= 11 is 0. The number of cyclic esters (lactones) is 2. The van der Waals surface area contributed by atoms with Crippen LogP contribution in [0.15, 0.2) is 0 Å². The van der Waals surface area contributed by atoms with E-state index >= 15 is 0 Å². The molecule has 0 amide bonds. The van der Waals surface area contributed by atoms with Crippen molar-refractivity contribution in [2.75, 3.05) is 13.2 Å². The third kappa shape index (κ3) is 2.76. The van der Waals surface area contributed by atoms with E-state index in [1.165, 1.54) is 0 Å². The lowest BCUT2D eigenvalue weighted by Gasteiger charge is -2.21. The Morgan fingerprint density at radius 3 is 2.73 bits per heavy atom. The second kappa shape index (κ2) is 3.57. The Balaban J connectivity index is 2.40. The summed E-state index contributed by atoms with van der Waals surface area (Å²) in [5.41, 5.74) is 0. The molecule has 1 aliphatic rings. The van der Waals surface area contributed by atoms with Gasteiger partial charge in [0.15, 0.2) is 0 Å². The van der Waals surface area contributed by atoms with Crippen LogP contribution in [0, 0.1) is 0 Å². The number of carbonyl (C=O) groups is 1. The summed E-state index contributed by atoms with van der Waals surface area (Å²) in [5.74, 6) is 0. The van der Waals surface area contributed by atoms with Gasteiger partial charge in [0.25, 0.3) is 0 Å². The molecule has 2 atom stereocenters. The van der Waals surface area contributed by atoms with E-state index in [-0.39, 0.29) is 18.8 Å². The molecule has 0 saturated carbocycles. The van der Waals surface area contributed by atoms with Gasteiger partial charge in [0.05, 0.1) is 12.7 Å². The van der Waals surface area contributed by atoms with Crippen LogP contribution in [0.2, 0.25) is 0 Å². The Kier molecular flexibility index (Phi) is 2.70. The highest BCUT2D eigenvalue weighted by Crippen LogP contribution is 2.03. The second-order valence-electron chi connectivity index (χ2n) is 2.63. The molecule has 0 aromatic rings. The number of rotatable bonds is 0. The van der Waals surface area contributed by atoms with Gasteiger partial charge >= 0.3 is 6.16 Å². The Bertz CT molecular complexity index is 145. The van der Waals surface area contributed by atoms with Crippen LogP contribution in [0.25, 0.3) is 0 Å². The molecule has 2 unspecified atom stereocenters. The number of hydrogen-bond donors (Lipinski definition) is 0. The van der Waals surface area contributed by atoms with Crippen LogP contribution in [-0.4, -0.2) is 31.6 Å². The largest absolute Gasteiger partial charge is 0.508 e. The molecule has 1 heterocycles. The summed E-state index contributed by atoms with van der Waals surface area (Å²) in [4.78, 5) is 10.7. The van der Waals surface area contributed by atoms with Crippen molar-refractivity contribution in [3.8, 4) is 0 Å². The molecule has 1 rings (SSSR count). The van der Waals surface area contributed by atoms with Gasteiger partial charge in [-0.05, 0) is 13.8 Å². The van der Waals surface area contributed by atoms with Gasteiger partial charge in [-0.15, -0.1) is 0 Å². The van der Waals surface area contributed by atoms with E-state index < -0.39 is 6.16 Å². The van der Waals surface area contributed by atoms with Gasteiger partial charge in [0.2, 0.25) is 0 Å². The van der Waals surface area contributed by atoms with Gasteiger partial charge in [-0.2, -0.15) is 0 Å². The molecule has 0 aromatic heterocycles. The zero-order valence-electron chi connectivity index (χ0n) is 6.70. The van der Waals surface area contributed by atoms with E-state index in [2.05, 4.69) is 4.74 Å². The molecule has 11 heavy (non-hydrogen) atoms. The molecule has 64 valence electrons. The van der Waals surface area contributed by atoms with E-state index in [1.807, 2.05) is 6.92 Å². The highest BCUT2D eigenvalue weighted by atomic mass is 16.7. The fraction of sp³-hybridized carbons (Fsp3) is 0.857. The zero-order valence-corrected chi connectivity index (χ0v) is 6.70. The van der Waals surface area contributed by atoms with E-state index in [1.54, 1.807) is 6.92 Å². The number of ether oxygens (including phenoxy) is 3. The Labute approximate surface area is 65.4 Å². The third-order valence-electron chi connectivity index (χ3n) is 1.35. The molecule has 4 nitrogen and oxygen atoms in total. The van der Waals surface area contributed by atoms with E-state index in [0.717, 1.165) is 0 Å². The van der Waals surface area contributed by atoms with Crippen LogP contribution in [0.5, 0.6) is 0 Å². The summed E-state index contributed by atoms with van der Waals surface area (Å²) in [6.45, 7) is 4.33. The topological polar surface area (TPSA) is 44.8 Å². The lowest BCUT2D eigenvalue weighted by molar-refractivity contribution is -0.0784. The summed E-state index contributed by atoms with van der Waals surface area (Å²) in [5, 5.41) is 0. The lowest BCUT2D eigenvalue weighted by atomic mass is 10.4. The van der Waals surface area contributed by atoms with Crippen molar-refractivity contribution in [3.05, 3.63) is 0 Å². The minimum atomic E-state index is -0.604. The first kappa shape index (κ1) is 8.33. The predicted molar refractivity (Wildman–Crippen MR) is 37.3 cm³/mol. The van der Waals surface area contributed by atoms with Crippen LogP contribution in [0.4, 0.5) is 4.79 Å².